The van der Waals surface area contributed by atoms with Crippen molar-refractivity contribution in [3.8, 4) is 5.75 Å². The normalized spacial score (nSPS) is 19.7. The third kappa shape index (κ3) is 5.12. The topological polar surface area (TPSA) is 58.6 Å². The summed E-state index contributed by atoms with van der Waals surface area (Å²) in [7, 11) is -3.53. The zero-order valence-electron chi connectivity index (χ0n) is 16.5. The highest BCUT2D eigenvalue weighted by molar-refractivity contribution is 7.91. The minimum atomic E-state index is -3.53. The van der Waals surface area contributed by atoms with Gasteiger partial charge >= 0.3 is 0 Å². The Morgan fingerprint density at radius 2 is 1.76 bits per heavy atom. The number of fused-ring (bicyclic) bond motifs is 1. The molecule has 1 fully saturated rings. The average Bonchev–Trinajstić information content (AvgIpc) is 2.75. The van der Waals surface area contributed by atoms with E-state index in [1.807, 2.05) is 12.1 Å². The van der Waals surface area contributed by atoms with E-state index in [0.717, 1.165) is 25.1 Å². The third-order valence-corrected chi connectivity index (χ3v) is 7.42. The van der Waals surface area contributed by atoms with Gasteiger partial charge in [0, 0.05) is 31.1 Å². The number of rotatable bonds is 6. The van der Waals surface area contributed by atoms with E-state index in [9.17, 15) is 8.42 Å². The molecule has 4 rings (SSSR count). The quantitative estimate of drug-likeness (QED) is 0.745. The molecule has 2 aliphatic heterocycles. The number of nitrogens with zero attached hydrogens (tertiary/aromatic N) is 1. The van der Waals surface area contributed by atoms with E-state index < -0.39 is 9.84 Å². The summed E-state index contributed by atoms with van der Waals surface area (Å²) in [5, 5.41) is 3.64. The molecule has 0 aromatic heterocycles. The maximum absolute atomic E-state index is 12.9. The first-order valence-electron chi connectivity index (χ1n) is 10.2. The second-order valence-electron chi connectivity index (χ2n) is 7.56. The van der Waals surface area contributed by atoms with Gasteiger partial charge in [-0.3, -0.25) is 0 Å². The molecule has 5 nitrogen and oxygen atoms in total. The van der Waals surface area contributed by atoms with Gasteiger partial charge in [-0.1, -0.05) is 30.7 Å². The lowest BCUT2D eigenvalue weighted by Gasteiger charge is -2.30. The number of sulfone groups is 1. The zero-order chi connectivity index (χ0) is 19.4. The Bertz CT molecular complexity index is 900. The summed E-state index contributed by atoms with van der Waals surface area (Å²) in [6.45, 7) is 5.00. The number of hydrogen-bond donors (Lipinski definition) is 1. The average molecular weight is 437 g/mol. The number of piperidine rings is 1. The molecular formula is C22H29ClN2O3S. The van der Waals surface area contributed by atoms with Crippen LogP contribution in [0.5, 0.6) is 5.75 Å². The van der Waals surface area contributed by atoms with Crippen molar-refractivity contribution in [2.45, 2.75) is 41.5 Å². The first kappa shape index (κ1) is 22.1. The Balaban J connectivity index is 0.00000240. The van der Waals surface area contributed by atoms with Crippen LogP contribution in [0, 0.1) is 0 Å². The molecule has 0 spiro atoms. The molecule has 29 heavy (non-hydrogen) atoms. The first-order chi connectivity index (χ1) is 13.6. The fourth-order valence-corrected chi connectivity index (χ4v) is 5.36. The summed E-state index contributed by atoms with van der Waals surface area (Å²) in [6.07, 6.45) is 4.86. The molecule has 0 radical (unpaired) electrons. The van der Waals surface area contributed by atoms with Crippen LogP contribution in [-0.2, 0) is 9.84 Å². The lowest BCUT2D eigenvalue weighted by atomic mass is 10.0. The summed E-state index contributed by atoms with van der Waals surface area (Å²) in [4.78, 5) is 3.11. The van der Waals surface area contributed by atoms with E-state index in [-0.39, 0.29) is 23.3 Å². The standard InChI is InChI=1S/C22H28N2O3S.ClH/c25-28(26,18-7-3-1-4-8-18)19-9-10-20-21(11-16-27-22(20)17-19)23-12-15-24-13-5-2-6-14-24;/h1,3-4,7-10,17,21,23H,2,5-6,11-16H2;1H. The van der Waals surface area contributed by atoms with Crippen molar-refractivity contribution in [2.24, 2.45) is 0 Å². The van der Waals surface area contributed by atoms with Gasteiger partial charge in [-0.15, -0.1) is 12.4 Å². The molecule has 2 heterocycles. The summed E-state index contributed by atoms with van der Waals surface area (Å²) in [6, 6.07) is 14.0. The minimum Gasteiger partial charge on any atom is -0.493 e. The number of hydrogen-bond acceptors (Lipinski definition) is 5. The molecule has 2 aromatic carbocycles. The Morgan fingerprint density at radius 1 is 1.00 bits per heavy atom. The van der Waals surface area contributed by atoms with Crippen LogP contribution in [0.1, 0.15) is 37.3 Å². The molecule has 1 unspecified atom stereocenters. The first-order valence-corrected chi connectivity index (χ1v) is 11.7. The van der Waals surface area contributed by atoms with Gasteiger partial charge in [-0.2, -0.15) is 0 Å². The highest BCUT2D eigenvalue weighted by Crippen LogP contribution is 2.35. The lowest BCUT2D eigenvalue weighted by Crippen LogP contribution is -2.37. The van der Waals surface area contributed by atoms with E-state index in [1.165, 1.54) is 32.4 Å². The largest absolute Gasteiger partial charge is 0.493 e. The Morgan fingerprint density at radius 3 is 2.52 bits per heavy atom. The fraction of sp³-hybridized carbons (Fsp3) is 0.455. The van der Waals surface area contributed by atoms with E-state index in [0.29, 0.717) is 17.3 Å². The molecule has 1 N–H and O–H groups in total. The summed E-state index contributed by atoms with van der Waals surface area (Å²) < 4.78 is 31.5. The monoisotopic (exact) mass is 436 g/mol. The lowest BCUT2D eigenvalue weighted by molar-refractivity contribution is 0.215. The van der Waals surface area contributed by atoms with Crippen molar-refractivity contribution >= 4 is 22.2 Å². The maximum atomic E-state index is 12.9. The number of ether oxygens (including phenoxy) is 1. The highest BCUT2D eigenvalue weighted by atomic mass is 35.5. The van der Waals surface area contributed by atoms with Crippen LogP contribution < -0.4 is 10.1 Å². The predicted octanol–water partition coefficient (Wildman–Crippen LogP) is 3.84. The van der Waals surface area contributed by atoms with Crippen LogP contribution in [0.3, 0.4) is 0 Å². The van der Waals surface area contributed by atoms with Crippen molar-refractivity contribution in [1.82, 2.24) is 10.2 Å². The number of nitrogens with one attached hydrogen (secondary N) is 1. The van der Waals surface area contributed by atoms with Crippen molar-refractivity contribution in [1.29, 1.82) is 0 Å². The Hall–Kier alpha value is -1.60. The van der Waals surface area contributed by atoms with Gasteiger partial charge in [0.2, 0.25) is 9.84 Å². The highest BCUT2D eigenvalue weighted by Gasteiger charge is 2.25. The molecule has 0 saturated carbocycles. The molecule has 158 valence electrons. The van der Waals surface area contributed by atoms with E-state index in [4.69, 9.17) is 4.74 Å². The van der Waals surface area contributed by atoms with Gasteiger partial charge in [0.15, 0.2) is 0 Å². The molecule has 1 saturated heterocycles. The zero-order valence-corrected chi connectivity index (χ0v) is 18.2. The van der Waals surface area contributed by atoms with E-state index >= 15 is 0 Å². The molecular weight excluding hydrogens is 408 g/mol. The van der Waals surface area contributed by atoms with Crippen LogP contribution in [0.4, 0.5) is 0 Å². The van der Waals surface area contributed by atoms with Gasteiger partial charge in [-0.05, 0) is 50.2 Å². The van der Waals surface area contributed by atoms with E-state index in [2.05, 4.69) is 10.2 Å². The number of benzene rings is 2. The van der Waals surface area contributed by atoms with Crippen LogP contribution in [0.2, 0.25) is 0 Å². The van der Waals surface area contributed by atoms with Crippen molar-refractivity contribution in [3.05, 3.63) is 54.1 Å². The summed E-state index contributed by atoms with van der Waals surface area (Å²) in [5.74, 6) is 0.679. The molecule has 2 aromatic rings. The number of halogens is 1. The van der Waals surface area contributed by atoms with Gasteiger partial charge in [0.25, 0.3) is 0 Å². The van der Waals surface area contributed by atoms with Crippen molar-refractivity contribution in [3.63, 3.8) is 0 Å². The Kier molecular flexibility index (Phi) is 7.57. The van der Waals surface area contributed by atoms with Gasteiger partial charge in [0.05, 0.1) is 16.4 Å². The van der Waals surface area contributed by atoms with Gasteiger partial charge in [-0.25, -0.2) is 8.42 Å². The SMILES string of the molecule is Cl.O=S(=O)(c1ccccc1)c1ccc2c(c1)OCCC2NCCN1CCCCC1. The van der Waals surface area contributed by atoms with Crippen molar-refractivity contribution < 1.29 is 13.2 Å². The predicted molar refractivity (Wildman–Crippen MR) is 117 cm³/mol. The minimum absolute atomic E-state index is 0. The molecule has 0 aliphatic carbocycles. The van der Waals surface area contributed by atoms with Crippen LogP contribution >= 0.6 is 12.4 Å². The van der Waals surface area contributed by atoms with E-state index in [1.54, 1.807) is 36.4 Å². The second-order valence-corrected chi connectivity index (χ2v) is 9.51. The third-order valence-electron chi connectivity index (χ3n) is 5.66. The molecule has 7 heteroatoms. The van der Waals surface area contributed by atoms with Crippen LogP contribution in [0.15, 0.2) is 58.3 Å². The molecule has 0 bridgehead atoms. The maximum Gasteiger partial charge on any atom is 0.206 e. The molecule has 1 atom stereocenters. The Labute approximate surface area is 179 Å². The molecule has 2 aliphatic rings. The smallest absolute Gasteiger partial charge is 0.206 e. The summed E-state index contributed by atoms with van der Waals surface area (Å²) >= 11 is 0. The van der Waals surface area contributed by atoms with Gasteiger partial charge in [0.1, 0.15) is 5.75 Å². The molecule has 0 amide bonds. The van der Waals surface area contributed by atoms with Crippen LogP contribution in [0.25, 0.3) is 0 Å². The summed E-state index contributed by atoms with van der Waals surface area (Å²) in [5.41, 5.74) is 1.05. The second kappa shape index (κ2) is 9.94. The van der Waals surface area contributed by atoms with Crippen LogP contribution in [-0.4, -0.2) is 46.1 Å². The number of likely N-dealkylation sites (tertiary alicyclic amines) is 1. The van der Waals surface area contributed by atoms with Gasteiger partial charge < -0.3 is 15.0 Å². The fourth-order valence-electron chi connectivity index (χ4n) is 4.06. The van der Waals surface area contributed by atoms with Crippen molar-refractivity contribution in [2.75, 3.05) is 32.8 Å².